The van der Waals surface area contributed by atoms with Crippen molar-refractivity contribution in [2.75, 3.05) is 11.9 Å². The summed E-state index contributed by atoms with van der Waals surface area (Å²) in [5.41, 5.74) is 2.39. The monoisotopic (exact) mass is 339 g/mol. The van der Waals surface area contributed by atoms with Crippen LogP contribution in [0.15, 0.2) is 52.9 Å². The molecule has 0 fully saturated rings. The molecule has 0 spiro atoms. The molecular formula is C19H21N3O3. The molecule has 0 aliphatic rings. The molecule has 6 heteroatoms. The molecule has 0 bridgehead atoms. The van der Waals surface area contributed by atoms with E-state index in [2.05, 4.69) is 15.6 Å². The van der Waals surface area contributed by atoms with Gasteiger partial charge in [0.1, 0.15) is 5.52 Å². The Morgan fingerprint density at radius 2 is 1.92 bits per heavy atom. The summed E-state index contributed by atoms with van der Waals surface area (Å²) in [6, 6.07) is 14.5. The Morgan fingerprint density at radius 3 is 2.56 bits per heavy atom. The minimum absolute atomic E-state index is 0.117. The van der Waals surface area contributed by atoms with Crippen molar-refractivity contribution in [3.8, 4) is 11.5 Å². The zero-order valence-corrected chi connectivity index (χ0v) is 14.2. The number of hydrogen-bond acceptors (Lipinski definition) is 4. The van der Waals surface area contributed by atoms with Gasteiger partial charge in [0.25, 0.3) is 0 Å². The van der Waals surface area contributed by atoms with E-state index in [4.69, 9.17) is 4.42 Å². The first-order valence-electron chi connectivity index (χ1n) is 8.19. The highest BCUT2D eigenvalue weighted by atomic mass is 16.3. The molecule has 3 aromatic rings. The van der Waals surface area contributed by atoms with Gasteiger partial charge in [-0.3, -0.25) is 0 Å². The van der Waals surface area contributed by atoms with Crippen LogP contribution in [0.4, 0.5) is 10.5 Å². The van der Waals surface area contributed by atoms with E-state index in [9.17, 15) is 9.90 Å². The molecule has 0 aliphatic heterocycles. The Labute approximate surface area is 145 Å². The molecule has 6 nitrogen and oxygen atoms in total. The molecule has 0 aliphatic carbocycles. The summed E-state index contributed by atoms with van der Waals surface area (Å²) in [7, 11) is 0. The lowest BCUT2D eigenvalue weighted by Gasteiger charge is -2.27. The van der Waals surface area contributed by atoms with Crippen LogP contribution in [-0.2, 0) is 0 Å². The molecule has 0 radical (unpaired) electrons. The fraction of sp³-hybridized carbons (Fsp3) is 0.263. The number of fused-ring (bicyclic) bond motifs is 1. The second-order valence-corrected chi connectivity index (χ2v) is 6.22. The maximum Gasteiger partial charge on any atom is 0.319 e. The first kappa shape index (κ1) is 17.0. The quantitative estimate of drug-likeness (QED) is 0.660. The van der Waals surface area contributed by atoms with Crippen LogP contribution < -0.4 is 10.6 Å². The van der Waals surface area contributed by atoms with Crippen LogP contribution in [0.2, 0.25) is 0 Å². The highest BCUT2D eigenvalue weighted by Gasteiger charge is 2.23. The van der Waals surface area contributed by atoms with Crippen LogP contribution in [0.5, 0.6) is 0 Å². The van der Waals surface area contributed by atoms with E-state index in [1.165, 1.54) is 0 Å². The number of carbonyl (C=O) groups excluding carboxylic acids is 1. The summed E-state index contributed by atoms with van der Waals surface area (Å²) < 4.78 is 5.73. The summed E-state index contributed by atoms with van der Waals surface area (Å²) in [5.74, 6) is 0.538. The number of oxazole rings is 1. The van der Waals surface area contributed by atoms with Crippen LogP contribution in [0.3, 0.4) is 0 Å². The van der Waals surface area contributed by atoms with Gasteiger partial charge in [-0.2, -0.15) is 0 Å². The molecule has 2 amide bonds. The molecular weight excluding hydrogens is 318 g/mol. The van der Waals surface area contributed by atoms with Crippen molar-refractivity contribution in [1.82, 2.24) is 10.3 Å². The predicted octanol–water partition coefficient (Wildman–Crippen LogP) is 3.78. The maximum atomic E-state index is 12.1. The van der Waals surface area contributed by atoms with Gasteiger partial charge in [-0.15, -0.1) is 0 Å². The Balaban J connectivity index is 1.71. The van der Waals surface area contributed by atoms with Gasteiger partial charge >= 0.3 is 6.03 Å². The average Bonchev–Trinajstić information content (AvgIpc) is 3.06. The van der Waals surface area contributed by atoms with E-state index >= 15 is 0 Å². The lowest BCUT2D eigenvalue weighted by atomic mass is 10.0. The number of nitrogens with zero attached hydrogens (tertiary/aromatic N) is 1. The molecule has 25 heavy (non-hydrogen) atoms. The van der Waals surface area contributed by atoms with E-state index in [1.54, 1.807) is 19.1 Å². The Kier molecular flexibility index (Phi) is 4.72. The van der Waals surface area contributed by atoms with Gasteiger partial charge in [0, 0.05) is 11.3 Å². The topological polar surface area (TPSA) is 87.4 Å². The molecule has 1 atom stereocenters. The fourth-order valence-corrected chi connectivity index (χ4v) is 2.37. The molecule has 130 valence electrons. The molecule has 0 saturated carbocycles. The minimum Gasteiger partial charge on any atom is -0.436 e. The van der Waals surface area contributed by atoms with Gasteiger partial charge in [0.15, 0.2) is 5.58 Å². The van der Waals surface area contributed by atoms with E-state index in [0.717, 1.165) is 16.7 Å². The van der Waals surface area contributed by atoms with Crippen molar-refractivity contribution < 1.29 is 14.3 Å². The fourth-order valence-electron chi connectivity index (χ4n) is 2.37. The first-order valence-corrected chi connectivity index (χ1v) is 8.19. The molecule has 1 heterocycles. The Hall–Kier alpha value is -2.86. The van der Waals surface area contributed by atoms with Crippen molar-refractivity contribution in [1.29, 1.82) is 0 Å². The smallest absolute Gasteiger partial charge is 0.319 e. The van der Waals surface area contributed by atoms with Crippen molar-refractivity contribution in [3.63, 3.8) is 0 Å². The highest BCUT2D eigenvalue weighted by molar-refractivity contribution is 5.90. The second kappa shape index (κ2) is 6.94. The number of para-hydroxylation sites is 2. The SMILES string of the molecule is CCC(C)(CO)NC(=O)Nc1ccc(-c2nc3ccccc3o2)cc1. The van der Waals surface area contributed by atoms with Crippen LogP contribution in [0, 0.1) is 0 Å². The number of aromatic nitrogens is 1. The van der Waals surface area contributed by atoms with Crippen molar-refractivity contribution in [2.45, 2.75) is 25.8 Å². The number of anilines is 1. The molecule has 3 N–H and O–H groups in total. The van der Waals surface area contributed by atoms with Crippen molar-refractivity contribution >= 4 is 22.8 Å². The van der Waals surface area contributed by atoms with Crippen LogP contribution in [-0.4, -0.2) is 28.3 Å². The molecule has 3 rings (SSSR count). The maximum absolute atomic E-state index is 12.1. The number of aliphatic hydroxyl groups excluding tert-OH is 1. The summed E-state index contributed by atoms with van der Waals surface area (Å²) in [6.07, 6.45) is 0.633. The zero-order valence-electron chi connectivity index (χ0n) is 14.2. The number of aliphatic hydroxyl groups is 1. The van der Waals surface area contributed by atoms with E-state index in [1.807, 2.05) is 43.3 Å². The molecule has 0 saturated heterocycles. The average molecular weight is 339 g/mol. The lowest BCUT2D eigenvalue weighted by Crippen LogP contribution is -2.50. The van der Waals surface area contributed by atoms with E-state index in [-0.39, 0.29) is 12.6 Å². The highest BCUT2D eigenvalue weighted by Crippen LogP contribution is 2.25. The molecule has 1 aromatic heterocycles. The number of urea groups is 1. The van der Waals surface area contributed by atoms with Crippen LogP contribution >= 0.6 is 0 Å². The predicted molar refractivity (Wildman–Crippen MR) is 97.4 cm³/mol. The van der Waals surface area contributed by atoms with Gasteiger partial charge in [-0.25, -0.2) is 9.78 Å². The van der Waals surface area contributed by atoms with Crippen LogP contribution in [0.25, 0.3) is 22.6 Å². The third kappa shape index (κ3) is 3.80. The van der Waals surface area contributed by atoms with E-state index < -0.39 is 5.54 Å². The van der Waals surface area contributed by atoms with Crippen LogP contribution in [0.1, 0.15) is 20.3 Å². The number of benzene rings is 2. The van der Waals surface area contributed by atoms with Gasteiger partial charge in [0.2, 0.25) is 5.89 Å². The summed E-state index contributed by atoms with van der Waals surface area (Å²) in [6.45, 7) is 3.59. The standard InChI is InChI=1S/C19H21N3O3/c1-3-19(2,12-23)22-18(24)20-14-10-8-13(9-11-14)17-21-15-6-4-5-7-16(15)25-17/h4-11,23H,3,12H2,1-2H3,(H2,20,22,24). The van der Waals surface area contributed by atoms with Gasteiger partial charge < -0.3 is 20.2 Å². The van der Waals surface area contributed by atoms with Gasteiger partial charge in [-0.1, -0.05) is 19.1 Å². The summed E-state index contributed by atoms with van der Waals surface area (Å²) >= 11 is 0. The normalized spacial score (nSPS) is 13.4. The lowest BCUT2D eigenvalue weighted by molar-refractivity contribution is 0.172. The summed E-state index contributed by atoms with van der Waals surface area (Å²) in [5, 5.41) is 14.9. The van der Waals surface area contributed by atoms with Crippen molar-refractivity contribution in [2.24, 2.45) is 0 Å². The minimum atomic E-state index is -0.637. The third-order valence-electron chi connectivity index (χ3n) is 4.23. The zero-order chi connectivity index (χ0) is 17.9. The summed E-state index contributed by atoms with van der Waals surface area (Å²) in [4.78, 5) is 16.5. The second-order valence-electron chi connectivity index (χ2n) is 6.22. The first-order chi connectivity index (χ1) is 12.0. The Bertz CT molecular complexity index is 834. The van der Waals surface area contributed by atoms with Gasteiger partial charge in [0.05, 0.1) is 12.1 Å². The Morgan fingerprint density at radius 1 is 1.20 bits per heavy atom. The third-order valence-corrected chi connectivity index (χ3v) is 4.23. The number of rotatable bonds is 5. The number of carbonyl (C=O) groups is 1. The van der Waals surface area contributed by atoms with E-state index in [0.29, 0.717) is 18.0 Å². The van der Waals surface area contributed by atoms with Gasteiger partial charge in [-0.05, 0) is 49.7 Å². The van der Waals surface area contributed by atoms with Crippen molar-refractivity contribution in [3.05, 3.63) is 48.5 Å². The number of amides is 2. The number of hydrogen-bond donors (Lipinski definition) is 3. The molecule has 1 unspecified atom stereocenters. The largest absolute Gasteiger partial charge is 0.436 e. The molecule has 2 aromatic carbocycles. The number of nitrogens with one attached hydrogen (secondary N) is 2.